The average molecular weight is 502 g/mol. The quantitative estimate of drug-likeness (QED) is 0.439. The Labute approximate surface area is 188 Å². The SMILES string of the molecule is NC(=O)c1ccc(NC(=O)[C@H](Cc2ccccc2)NS(=O)(=O)c2ccc(Br)cc2)cc1. The first-order chi connectivity index (χ1) is 14.7. The van der Waals surface area contributed by atoms with E-state index in [-0.39, 0.29) is 11.3 Å². The predicted molar refractivity (Wildman–Crippen MR) is 122 cm³/mol. The van der Waals surface area contributed by atoms with Crippen LogP contribution in [0.2, 0.25) is 0 Å². The van der Waals surface area contributed by atoms with E-state index in [9.17, 15) is 18.0 Å². The number of sulfonamides is 1. The van der Waals surface area contributed by atoms with E-state index >= 15 is 0 Å². The molecule has 0 radical (unpaired) electrons. The first kappa shape index (κ1) is 22.7. The zero-order valence-corrected chi connectivity index (χ0v) is 18.7. The summed E-state index contributed by atoms with van der Waals surface area (Å²) in [6.07, 6.45) is 0.155. The number of anilines is 1. The molecule has 2 amide bonds. The molecule has 0 unspecified atom stereocenters. The van der Waals surface area contributed by atoms with Gasteiger partial charge in [-0.25, -0.2) is 8.42 Å². The van der Waals surface area contributed by atoms with Crippen LogP contribution in [-0.4, -0.2) is 26.3 Å². The number of carbonyl (C=O) groups excluding carboxylic acids is 2. The number of nitrogens with two attached hydrogens (primary N) is 1. The number of hydrogen-bond donors (Lipinski definition) is 3. The number of nitrogens with one attached hydrogen (secondary N) is 2. The summed E-state index contributed by atoms with van der Waals surface area (Å²) in [5.41, 5.74) is 6.74. The normalized spacial score (nSPS) is 12.2. The number of amides is 2. The van der Waals surface area contributed by atoms with Crippen molar-refractivity contribution in [2.45, 2.75) is 17.4 Å². The van der Waals surface area contributed by atoms with Crippen LogP contribution in [0.25, 0.3) is 0 Å². The monoisotopic (exact) mass is 501 g/mol. The molecule has 9 heteroatoms. The maximum absolute atomic E-state index is 13.0. The highest BCUT2D eigenvalue weighted by Gasteiger charge is 2.26. The van der Waals surface area contributed by atoms with Gasteiger partial charge in [0.05, 0.1) is 4.90 Å². The van der Waals surface area contributed by atoms with E-state index in [2.05, 4.69) is 26.0 Å². The Hall–Kier alpha value is -3.01. The molecule has 160 valence electrons. The third-order valence-electron chi connectivity index (χ3n) is 4.46. The molecular formula is C22H20BrN3O4S. The lowest BCUT2D eigenvalue weighted by Crippen LogP contribution is -2.45. The van der Waals surface area contributed by atoms with E-state index < -0.39 is 27.9 Å². The Morgan fingerprint density at radius 3 is 2.10 bits per heavy atom. The van der Waals surface area contributed by atoms with E-state index in [1.165, 1.54) is 36.4 Å². The highest BCUT2D eigenvalue weighted by atomic mass is 79.9. The van der Waals surface area contributed by atoms with E-state index in [1.807, 2.05) is 30.3 Å². The molecule has 0 spiro atoms. The summed E-state index contributed by atoms with van der Waals surface area (Å²) in [4.78, 5) is 24.2. The molecule has 3 rings (SSSR count). The first-order valence-corrected chi connectivity index (χ1v) is 11.5. The lowest BCUT2D eigenvalue weighted by Gasteiger charge is -2.19. The van der Waals surface area contributed by atoms with Crippen molar-refractivity contribution in [3.63, 3.8) is 0 Å². The van der Waals surface area contributed by atoms with Gasteiger partial charge in [0.1, 0.15) is 6.04 Å². The minimum absolute atomic E-state index is 0.0485. The summed E-state index contributed by atoms with van der Waals surface area (Å²) in [5, 5.41) is 2.69. The summed E-state index contributed by atoms with van der Waals surface area (Å²) < 4.78 is 29.0. The van der Waals surface area contributed by atoms with Crippen LogP contribution in [0.5, 0.6) is 0 Å². The van der Waals surface area contributed by atoms with Crippen LogP contribution >= 0.6 is 15.9 Å². The Kier molecular flexibility index (Phi) is 7.21. The molecule has 3 aromatic rings. The standard InChI is InChI=1S/C22H20BrN3O4S/c23-17-8-12-19(13-9-17)31(29,30)26-20(14-15-4-2-1-3-5-15)22(28)25-18-10-6-16(7-11-18)21(24)27/h1-13,20,26H,14H2,(H2,24,27)(H,25,28)/t20-/m0/s1. The molecule has 0 saturated heterocycles. The fourth-order valence-corrected chi connectivity index (χ4v) is 4.31. The zero-order chi connectivity index (χ0) is 22.4. The maximum atomic E-state index is 13.0. The van der Waals surface area contributed by atoms with E-state index in [1.54, 1.807) is 12.1 Å². The van der Waals surface area contributed by atoms with Crippen molar-refractivity contribution in [2.24, 2.45) is 5.73 Å². The van der Waals surface area contributed by atoms with Crippen LogP contribution in [0.1, 0.15) is 15.9 Å². The van der Waals surface area contributed by atoms with Crippen LogP contribution < -0.4 is 15.8 Å². The van der Waals surface area contributed by atoms with Crippen molar-refractivity contribution in [3.05, 3.63) is 94.5 Å². The highest BCUT2D eigenvalue weighted by Crippen LogP contribution is 2.17. The summed E-state index contributed by atoms with van der Waals surface area (Å²) in [5.74, 6) is -1.11. The average Bonchev–Trinajstić information content (AvgIpc) is 2.74. The molecule has 0 bridgehead atoms. The van der Waals surface area contributed by atoms with Crippen LogP contribution in [0.3, 0.4) is 0 Å². The molecular weight excluding hydrogens is 482 g/mol. The van der Waals surface area contributed by atoms with Gasteiger partial charge in [0.25, 0.3) is 0 Å². The Morgan fingerprint density at radius 2 is 1.52 bits per heavy atom. The van der Waals surface area contributed by atoms with Crippen molar-refractivity contribution >= 4 is 43.5 Å². The van der Waals surface area contributed by atoms with Crippen molar-refractivity contribution in [1.82, 2.24) is 4.72 Å². The van der Waals surface area contributed by atoms with Gasteiger partial charge in [-0.15, -0.1) is 0 Å². The number of benzene rings is 3. The van der Waals surface area contributed by atoms with Crippen molar-refractivity contribution in [2.75, 3.05) is 5.32 Å². The predicted octanol–water partition coefficient (Wildman–Crippen LogP) is 3.08. The third-order valence-corrected chi connectivity index (χ3v) is 6.47. The van der Waals surface area contributed by atoms with Gasteiger partial charge in [0.15, 0.2) is 0 Å². The summed E-state index contributed by atoms with van der Waals surface area (Å²) >= 11 is 3.27. The van der Waals surface area contributed by atoms with Crippen molar-refractivity contribution < 1.29 is 18.0 Å². The number of hydrogen-bond acceptors (Lipinski definition) is 4. The third kappa shape index (κ3) is 6.24. The van der Waals surface area contributed by atoms with Gasteiger partial charge in [0, 0.05) is 15.7 Å². The second-order valence-electron chi connectivity index (χ2n) is 6.75. The molecule has 31 heavy (non-hydrogen) atoms. The number of carbonyl (C=O) groups is 2. The number of rotatable bonds is 8. The van der Waals surface area contributed by atoms with Crippen LogP contribution in [0.4, 0.5) is 5.69 Å². The minimum Gasteiger partial charge on any atom is -0.366 e. The fourth-order valence-electron chi connectivity index (χ4n) is 2.85. The highest BCUT2D eigenvalue weighted by molar-refractivity contribution is 9.10. The molecule has 3 aromatic carbocycles. The second kappa shape index (κ2) is 9.86. The van der Waals surface area contributed by atoms with Gasteiger partial charge in [-0.2, -0.15) is 4.72 Å². The molecule has 7 nitrogen and oxygen atoms in total. The van der Waals surface area contributed by atoms with Gasteiger partial charge in [-0.05, 0) is 60.5 Å². The summed E-state index contributed by atoms with van der Waals surface area (Å²) in [6, 6.07) is 20.2. The second-order valence-corrected chi connectivity index (χ2v) is 9.38. The molecule has 0 aromatic heterocycles. The van der Waals surface area contributed by atoms with Crippen molar-refractivity contribution in [1.29, 1.82) is 0 Å². The Bertz CT molecular complexity index is 1170. The van der Waals surface area contributed by atoms with Crippen LogP contribution in [0.15, 0.2) is 88.2 Å². The molecule has 1 atom stereocenters. The molecule has 0 aliphatic heterocycles. The lowest BCUT2D eigenvalue weighted by molar-refractivity contribution is -0.117. The topological polar surface area (TPSA) is 118 Å². The number of primary amides is 1. The molecule has 0 aliphatic rings. The van der Waals surface area contributed by atoms with E-state index in [4.69, 9.17) is 5.73 Å². The maximum Gasteiger partial charge on any atom is 0.248 e. The largest absolute Gasteiger partial charge is 0.366 e. The van der Waals surface area contributed by atoms with Gasteiger partial charge < -0.3 is 11.1 Å². The van der Waals surface area contributed by atoms with E-state index in [0.29, 0.717) is 11.3 Å². The Balaban J connectivity index is 1.83. The minimum atomic E-state index is -3.94. The van der Waals surface area contributed by atoms with E-state index in [0.717, 1.165) is 10.0 Å². The first-order valence-electron chi connectivity index (χ1n) is 9.27. The molecule has 0 saturated carbocycles. The van der Waals surface area contributed by atoms with Gasteiger partial charge >= 0.3 is 0 Å². The van der Waals surface area contributed by atoms with Gasteiger partial charge in [0.2, 0.25) is 21.8 Å². The lowest BCUT2D eigenvalue weighted by atomic mass is 10.1. The molecule has 0 heterocycles. The number of halogens is 1. The summed E-state index contributed by atoms with van der Waals surface area (Å²) in [7, 11) is -3.94. The van der Waals surface area contributed by atoms with Crippen LogP contribution in [-0.2, 0) is 21.2 Å². The van der Waals surface area contributed by atoms with Crippen LogP contribution in [0, 0.1) is 0 Å². The molecule has 0 aliphatic carbocycles. The van der Waals surface area contributed by atoms with Gasteiger partial charge in [-0.1, -0.05) is 46.3 Å². The van der Waals surface area contributed by atoms with Gasteiger partial charge in [-0.3, -0.25) is 9.59 Å². The molecule has 0 fully saturated rings. The molecule has 4 N–H and O–H groups in total. The summed E-state index contributed by atoms with van der Waals surface area (Å²) in [6.45, 7) is 0. The smallest absolute Gasteiger partial charge is 0.248 e. The Morgan fingerprint density at radius 1 is 0.903 bits per heavy atom. The fraction of sp³-hybridized carbons (Fsp3) is 0.0909. The van der Waals surface area contributed by atoms with Crippen molar-refractivity contribution in [3.8, 4) is 0 Å². The zero-order valence-electron chi connectivity index (χ0n) is 16.3.